The van der Waals surface area contributed by atoms with Gasteiger partial charge < -0.3 is 5.32 Å². The van der Waals surface area contributed by atoms with Crippen LogP contribution in [-0.4, -0.2) is 30.9 Å². The molecule has 1 N–H and O–H groups in total. The Morgan fingerprint density at radius 3 is 3.11 bits per heavy atom. The molecule has 0 aliphatic carbocycles. The quantitative estimate of drug-likeness (QED) is 0.750. The van der Waals surface area contributed by atoms with Crippen molar-refractivity contribution in [3.8, 4) is 0 Å². The van der Waals surface area contributed by atoms with Gasteiger partial charge in [0.1, 0.15) is 0 Å². The molecule has 18 heavy (non-hydrogen) atoms. The van der Waals surface area contributed by atoms with E-state index in [4.69, 9.17) is 0 Å². The van der Waals surface area contributed by atoms with Gasteiger partial charge in [0.05, 0.1) is 6.54 Å². The van der Waals surface area contributed by atoms with Gasteiger partial charge in [0, 0.05) is 25.1 Å². The Morgan fingerprint density at radius 2 is 2.28 bits per heavy atom. The first-order chi connectivity index (χ1) is 8.81. The topological polar surface area (TPSA) is 60.0 Å². The summed E-state index contributed by atoms with van der Waals surface area (Å²) in [5.74, 6) is 0.646. The summed E-state index contributed by atoms with van der Waals surface area (Å²) in [6.45, 7) is 3.57. The van der Waals surface area contributed by atoms with Crippen LogP contribution in [-0.2, 0) is 6.54 Å². The zero-order chi connectivity index (χ0) is 12.4. The molecule has 3 rings (SSSR count). The van der Waals surface area contributed by atoms with E-state index in [1.807, 2.05) is 42.2 Å². The molecule has 0 saturated carbocycles. The van der Waals surface area contributed by atoms with Crippen molar-refractivity contribution in [2.75, 3.05) is 11.9 Å². The highest BCUT2D eigenvalue weighted by Crippen LogP contribution is 2.06. The van der Waals surface area contributed by atoms with Crippen LogP contribution < -0.4 is 5.32 Å². The minimum absolute atomic E-state index is 0.646. The van der Waals surface area contributed by atoms with E-state index in [0.29, 0.717) is 5.95 Å². The van der Waals surface area contributed by atoms with Crippen molar-refractivity contribution in [2.24, 2.45) is 0 Å². The number of fused-ring (bicyclic) bond motifs is 1. The minimum Gasteiger partial charge on any atom is -0.351 e. The molecule has 6 nitrogen and oxygen atoms in total. The summed E-state index contributed by atoms with van der Waals surface area (Å²) in [6.07, 6.45) is 5.66. The van der Waals surface area contributed by atoms with Crippen LogP contribution in [0.1, 0.15) is 5.56 Å². The molecule has 92 valence electrons. The van der Waals surface area contributed by atoms with Crippen LogP contribution in [0.3, 0.4) is 0 Å². The lowest BCUT2D eigenvalue weighted by Crippen LogP contribution is -2.11. The molecular formula is C12H14N6. The number of hydrogen-bond acceptors (Lipinski definition) is 4. The molecule has 0 radical (unpaired) electrons. The summed E-state index contributed by atoms with van der Waals surface area (Å²) in [5, 5.41) is 11.7. The summed E-state index contributed by atoms with van der Waals surface area (Å²) >= 11 is 0. The second-order valence-electron chi connectivity index (χ2n) is 4.14. The number of pyridine rings is 1. The molecule has 0 aliphatic rings. The van der Waals surface area contributed by atoms with Crippen molar-refractivity contribution < 1.29 is 0 Å². The normalized spacial score (nSPS) is 10.9. The van der Waals surface area contributed by atoms with Crippen molar-refractivity contribution in [3.63, 3.8) is 0 Å². The predicted octanol–water partition coefficient (Wildman–Crippen LogP) is 1.35. The lowest BCUT2D eigenvalue weighted by atomic mass is 10.3. The van der Waals surface area contributed by atoms with E-state index in [0.717, 1.165) is 24.3 Å². The fraction of sp³-hybridized carbons (Fsp3) is 0.250. The molecule has 0 saturated heterocycles. The number of nitrogens with one attached hydrogen (secondary N) is 1. The van der Waals surface area contributed by atoms with E-state index in [1.54, 1.807) is 10.7 Å². The summed E-state index contributed by atoms with van der Waals surface area (Å²) in [6, 6.07) is 5.89. The van der Waals surface area contributed by atoms with Crippen LogP contribution in [0.5, 0.6) is 0 Å². The van der Waals surface area contributed by atoms with Crippen LogP contribution >= 0.6 is 0 Å². The highest BCUT2D eigenvalue weighted by atomic mass is 15.3. The standard InChI is InChI=1S/C12H14N6/c1-10-3-4-11-15-12(16-18(11)9-10)13-6-8-17-7-2-5-14-17/h2-5,7,9H,6,8H2,1H3,(H,13,16). The molecule has 0 bridgehead atoms. The lowest BCUT2D eigenvalue weighted by Gasteiger charge is -2.01. The molecule has 0 spiro atoms. The van der Waals surface area contributed by atoms with E-state index in [-0.39, 0.29) is 0 Å². The maximum absolute atomic E-state index is 4.38. The third-order valence-electron chi connectivity index (χ3n) is 2.66. The average molecular weight is 242 g/mol. The second kappa shape index (κ2) is 4.48. The van der Waals surface area contributed by atoms with Gasteiger partial charge in [-0.25, -0.2) is 4.52 Å². The molecule has 3 aromatic heterocycles. The Hall–Kier alpha value is -2.37. The average Bonchev–Trinajstić information content (AvgIpc) is 2.97. The molecule has 0 unspecified atom stereocenters. The molecule has 0 amide bonds. The third kappa shape index (κ3) is 2.17. The smallest absolute Gasteiger partial charge is 0.243 e. The van der Waals surface area contributed by atoms with Gasteiger partial charge in [0.25, 0.3) is 0 Å². The first-order valence-corrected chi connectivity index (χ1v) is 5.85. The van der Waals surface area contributed by atoms with Gasteiger partial charge in [-0.05, 0) is 24.6 Å². The van der Waals surface area contributed by atoms with E-state index in [2.05, 4.69) is 20.5 Å². The Kier molecular flexibility index (Phi) is 2.68. The predicted molar refractivity (Wildman–Crippen MR) is 68.4 cm³/mol. The Bertz CT molecular complexity index is 640. The monoisotopic (exact) mass is 242 g/mol. The minimum atomic E-state index is 0.646. The second-order valence-corrected chi connectivity index (χ2v) is 4.14. The van der Waals surface area contributed by atoms with E-state index >= 15 is 0 Å². The molecule has 6 heteroatoms. The van der Waals surface area contributed by atoms with Crippen molar-refractivity contribution in [1.82, 2.24) is 24.4 Å². The molecule has 3 heterocycles. The zero-order valence-corrected chi connectivity index (χ0v) is 10.1. The fourth-order valence-corrected chi connectivity index (χ4v) is 1.78. The number of anilines is 1. The van der Waals surface area contributed by atoms with Crippen molar-refractivity contribution >= 4 is 11.6 Å². The maximum Gasteiger partial charge on any atom is 0.243 e. The summed E-state index contributed by atoms with van der Waals surface area (Å²) in [5.41, 5.74) is 2.01. The van der Waals surface area contributed by atoms with E-state index in [9.17, 15) is 0 Å². The Labute approximate surface area is 104 Å². The van der Waals surface area contributed by atoms with Gasteiger partial charge in [0.15, 0.2) is 5.65 Å². The highest BCUT2D eigenvalue weighted by Gasteiger charge is 2.02. The fourth-order valence-electron chi connectivity index (χ4n) is 1.78. The van der Waals surface area contributed by atoms with Crippen LogP contribution in [0.25, 0.3) is 5.65 Å². The number of aromatic nitrogens is 5. The van der Waals surface area contributed by atoms with Crippen LogP contribution in [0.4, 0.5) is 5.95 Å². The molecular weight excluding hydrogens is 228 g/mol. The van der Waals surface area contributed by atoms with Gasteiger partial charge in [-0.3, -0.25) is 4.68 Å². The SMILES string of the molecule is Cc1ccc2nc(NCCn3cccn3)nn2c1. The first kappa shape index (κ1) is 10.8. The highest BCUT2D eigenvalue weighted by molar-refractivity contribution is 5.43. The van der Waals surface area contributed by atoms with E-state index in [1.165, 1.54) is 0 Å². The summed E-state index contributed by atoms with van der Waals surface area (Å²) < 4.78 is 3.65. The first-order valence-electron chi connectivity index (χ1n) is 5.85. The molecule has 0 atom stereocenters. The van der Waals surface area contributed by atoms with Crippen molar-refractivity contribution in [1.29, 1.82) is 0 Å². The lowest BCUT2D eigenvalue weighted by molar-refractivity contribution is 0.636. The maximum atomic E-state index is 4.38. The number of aryl methyl sites for hydroxylation is 1. The van der Waals surface area contributed by atoms with Crippen molar-refractivity contribution in [3.05, 3.63) is 42.4 Å². The van der Waals surface area contributed by atoms with Crippen LogP contribution in [0.15, 0.2) is 36.8 Å². The van der Waals surface area contributed by atoms with Gasteiger partial charge in [-0.2, -0.15) is 10.1 Å². The molecule has 0 fully saturated rings. The number of nitrogens with zero attached hydrogens (tertiary/aromatic N) is 5. The van der Waals surface area contributed by atoms with Crippen molar-refractivity contribution in [2.45, 2.75) is 13.5 Å². The van der Waals surface area contributed by atoms with Crippen LogP contribution in [0, 0.1) is 6.92 Å². The molecule has 3 aromatic rings. The molecule has 0 aliphatic heterocycles. The van der Waals surface area contributed by atoms with Gasteiger partial charge in [-0.1, -0.05) is 6.07 Å². The van der Waals surface area contributed by atoms with Gasteiger partial charge in [-0.15, -0.1) is 5.10 Å². The summed E-state index contributed by atoms with van der Waals surface area (Å²) in [7, 11) is 0. The van der Waals surface area contributed by atoms with Gasteiger partial charge in [0.2, 0.25) is 5.95 Å². The van der Waals surface area contributed by atoms with E-state index < -0.39 is 0 Å². The zero-order valence-electron chi connectivity index (χ0n) is 10.1. The largest absolute Gasteiger partial charge is 0.351 e. The third-order valence-corrected chi connectivity index (χ3v) is 2.66. The Balaban J connectivity index is 1.67. The Morgan fingerprint density at radius 1 is 1.33 bits per heavy atom. The number of rotatable bonds is 4. The number of hydrogen-bond donors (Lipinski definition) is 1. The van der Waals surface area contributed by atoms with Gasteiger partial charge >= 0.3 is 0 Å². The summed E-state index contributed by atoms with van der Waals surface area (Å²) in [4.78, 5) is 4.38. The molecule has 0 aromatic carbocycles. The van der Waals surface area contributed by atoms with Crippen LogP contribution in [0.2, 0.25) is 0 Å².